The van der Waals surface area contributed by atoms with Gasteiger partial charge < -0.3 is 15.7 Å². The van der Waals surface area contributed by atoms with Gasteiger partial charge >= 0.3 is 0 Å². The number of aromatic nitrogens is 1. The Kier molecular flexibility index (Phi) is 3.63. The van der Waals surface area contributed by atoms with Crippen LogP contribution in [-0.4, -0.2) is 29.2 Å². The number of pyridine rings is 1. The maximum atomic E-state index is 8.95. The lowest BCUT2D eigenvalue weighted by atomic mass is 9.76. The van der Waals surface area contributed by atoms with Gasteiger partial charge in [0.1, 0.15) is 0 Å². The largest absolute Gasteiger partial charge is 0.409 e. The van der Waals surface area contributed by atoms with Crippen molar-refractivity contribution in [3.63, 3.8) is 0 Å². The fraction of sp³-hybridized carbons (Fsp3) is 0.455. The summed E-state index contributed by atoms with van der Waals surface area (Å²) in [6, 6.07) is 3.80. The molecular weight excluding hydrogens is 286 g/mol. The SMILES string of the molecule is N/C(=N/O)C1(c2ccc(Br)cn2)CCOCC1. The number of amidine groups is 1. The molecule has 0 unspecified atom stereocenters. The summed E-state index contributed by atoms with van der Waals surface area (Å²) in [5, 5.41) is 12.1. The van der Waals surface area contributed by atoms with Crippen LogP contribution in [0.4, 0.5) is 0 Å². The van der Waals surface area contributed by atoms with Crippen molar-refractivity contribution in [2.75, 3.05) is 13.2 Å². The van der Waals surface area contributed by atoms with Gasteiger partial charge in [-0.3, -0.25) is 4.98 Å². The third-order valence-electron chi connectivity index (χ3n) is 3.16. The molecule has 0 saturated carbocycles. The number of halogens is 1. The van der Waals surface area contributed by atoms with Gasteiger partial charge in [0, 0.05) is 23.9 Å². The Morgan fingerprint density at radius 3 is 2.71 bits per heavy atom. The molecule has 1 aliphatic heterocycles. The molecule has 1 aliphatic rings. The van der Waals surface area contributed by atoms with Crippen molar-refractivity contribution in [3.05, 3.63) is 28.5 Å². The average molecular weight is 300 g/mol. The molecule has 0 spiro atoms. The molecule has 2 heterocycles. The molecule has 0 amide bonds. The fourth-order valence-corrected chi connectivity index (χ4v) is 2.35. The fourth-order valence-electron chi connectivity index (χ4n) is 2.12. The van der Waals surface area contributed by atoms with Gasteiger partial charge in [-0.05, 0) is 40.9 Å². The zero-order valence-electron chi connectivity index (χ0n) is 9.27. The summed E-state index contributed by atoms with van der Waals surface area (Å²) >= 11 is 3.34. The molecule has 0 atom stereocenters. The molecular formula is C11H14BrN3O2. The van der Waals surface area contributed by atoms with E-state index >= 15 is 0 Å². The van der Waals surface area contributed by atoms with Crippen molar-refractivity contribution in [2.24, 2.45) is 10.9 Å². The normalized spacial score (nSPS) is 20.2. The number of rotatable bonds is 2. The third-order valence-corrected chi connectivity index (χ3v) is 3.63. The summed E-state index contributed by atoms with van der Waals surface area (Å²) in [5.41, 5.74) is 6.16. The van der Waals surface area contributed by atoms with Crippen LogP contribution in [0.5, 0.6) is 0 Å². The van der Waals surface area contributed by atoms with Crippen LogP contribution in [0.2, 0.25) is 0 Å². The maximum Gasteiger partial charge on any atom is 0.151 e. The average Bonchev–Trinajstić information content (AvgIpc) is 2.39. The van der Waals surface area contributed by atoms with Gasteiger partial charge in [0.25, 0.3) is 0 Å². The van der Waals surface area contributed by atoms with E-state index in [0.717, 1.165) is 10.2 Å². The van der Waals surface area contributed by atoms with Crippen LogP contribution in [0.25, 0.3) is 0 Å². The van der Waals surface area contributed by atoms with Gasteiger partial charge in [0.15, 0.2) is 5.84 Å². The first-order valence-electron chi connectivity index (χ1n) is 5.37. The number of ether oxygens (including phenoxy) is 1. The molecule has 1 aromatic heterocycles. The highest BCUT2D eigenvalue weighted by Crippen LogP contribution is 2.34. The van der Waals surface area contributed by atoms with E-state index in [1.165, 1.54) is 0 Å². The van der Waals surface area contributed by atoms with E-state index in [1.54, 1.807) is 6.20 Å². The van der Waals surface area contributed by atoms with Crippen molar-refractivity contribution in [1.82, 2.24) is 4.98 Å². The second kappa shape index (κ2) is 5.01. The highest BCUT2D eigenvalue weighted by atomic mass is 79.9. The second-order valence-corrected chi connectivity index (χ2v) is 4.96. The Bertz CT molecular complexity index is 413. The van der Waals surface area contributed by atoms with Crippen molar-refractivity contribution >= 4 is 21.8 Å². The summed E-state index contributed by atoms with van der Waals surface area (Å²) in [4.78, 5) is 4.37. The number of nitrogens with zero attached hydrogens (tertiary/aromatic N) is 2. The molecule has 6 heteroatoms. The van der Waals surface area contributed by atoms with Gasteiger partial charge in [0.2, 0.25) is 0 Å². The zero-order valence-corrected chi connectivity index (χ0v) is 10.9. The minimum absolute atomic E-state index is 0.204. The molecule has 3 N–H and O–H groups in total. The van der Waals surface area contributed by atoms with Crippen LogP contribution in [0.3, 0.4) is 0 Å². The van der Waals surface area contributed by atoms with Crippen molar-refractivity contribution in [3.8, 4) is 0 Å². The molecule has 0 aliphatic carbocycles. The number of hydrogen-bond acceptors (Lipinski definition) is 4. The van der Waals surface area contributed by atoms with Gasteiger partial charge in [0.05, 0.1) is 11.1 Å². The van der Waals surface area contributed by atoms with Gasteiger partial charge in [-0.15, -0.1) is 0 Å². The van der Waals surface area contributed by atoms with E-state index in [-0.39, 0.29) is 5.84 Å². The van der Waals surface area contributed by atoms with Crippen molar-refractivity contribution < 1.29 is 9.94 Å². The molecule has 17 heavy (non-hydrogen) atoms. The van der Waals surface area contributed by atoms with Crippen LogP contribution in [0.15, 0.2) is 28.0 Å². The van der Waals surface area contributed by atoms with Crippen LogP contribution >= 0.6 is 15.9 Å². The Morgan fingerprint density at radius 2 is 2.18 bits per heavy atom. The topological polar surface area (TPSA) is 80.7 Å². The molecule has 2 rings (SSSR count). The molecule has 0 radical (unpaired) electrons. The standard InChI is InChI=1S/C11H14BrN3O2/c12-8-1-2-9(14-7-8)11(10(13)15-16)3-5-17-6-4-11/h1-2,7,16H,3-6H2,(H2,13,15). The molecule has 1 saturated heterocycles. The van der Waals surface area contributed by atoms with E-state index in [0.29, 0.717) is 26.1 Å². The smallest absolute Gasteiger partial charge is 0.151 e. The Hall–Kier alpha value is -1.14. The van der Waals surface area contributed by atoms with Crippen molar-refractivity contribution in [2.45, 2.75) is 18.3 Å². The Balaban J connectivity index is 2.42. The van der Waals surface area contributed by atoms with Crippen LogP contribution < -0.4 is 5.73 Å². The predicted molar refractivity (Wildman–Crippen MR) is 67.1 cm³/mol. The summed E-state index contributed by atoms with van der Waals surface area (Å²) in [5.74, 6) is 0.204. The highest BCUT2D eigenvalue weighted by molar-refractivity contribution is 9.10. The Labute approximate surface area is 108 Å². The number of nitrogens with two attached hydrogens (primary N) is 1. The zero-order chi connectivity index (χ0) is 12.3. The first-order valence-corrected chi connectivity index (χ1v) is 6.16. The molecule has 1 aromatic rings. The van der Waals surface area contributed by atoms with Crippen molar-refractivity contribution in [1.29, 1.82) is 0 Å². The van der Waals surface area contributed by atoms with Crippen LogP contribution in [-0.2, 0) is 10.2 Å². The lowest BCUT2D eigenvalue weighted by molar-refractivity contribution is 0.0684. The quantitative estimate of drug-likeness (QED) is 0.376. The lowest BCUT2D eigenvalue weighted by Gasteiger charge is -2.35. The van der Waals surface area contributed by atoms with Gasteiger partial charge in [-0.1, -0.05) is 5.16 Å². The summed E-state index contributed by atoms with van der Waals surface area (Å²) < 4.78 is 6.24. The number of hydrogen-bond donors (Lipinski definition) is 2. The summed E-state index contributed by atoms with van der Waals surface area (Å²) in [7, 11) is 0. The van der Waals surface area contributed by atoms with Gasteiger partial charge in [-0.25, -0.2) is 0 Å². The second-order valence-electron chi connectivity index (χ2n) is 4.04. The molecule has 92 valence electrons. The first-order chi connectivity index (χ1) is 8.19. The Morgan fingerprint density at radius 1 is 1.47 bits per heavy atom. The van der Waals surface area contributed by atoms with E-state index in [1.807, 2.05) is 12.1 Å². The number of oxime groups is 1. The van der Waals surface area contributed by atoms with E-state index < -0.39 is 5.41 Å². The highest BCUT2D eigenvalue weighted by Gasteiger charge is 2.40. The monoisotopic (exact) mass is 299 g/mol. The molecule has 0 bridgehead atoms. The lowest BCUT2D eigenvalue weighted by Crippen LogP contribution is -2.46. The maximum absolute atomic E-state index is 8.95. The minimum atomic E-state index is -0.506. The van der Waals surface area contributed by atoms with Crippen LogP contribution in [0.1, 0.15) is 18.5 Å². The first kappa shape index (κ1) is 12.3. The molecule has 1 fully saturated rings. The molecule has 0 aromatic carbocycles. The summed E-state index contributed by atoms with van der Waals surface area (Å²) in [6.45, 7) is 1.18. The van der Waals surface area contributed by atoms with E-state index in [4.69, 9.17) is 15.7 Å². The predicted octanol–water partition coefficient (Wildman–Crippen LogP) is 1.64. The summed E-state index contributed by atoms with van der Waals surface area (Å²) in [6.07, 6.45) is 3.08. The molecule has 5 nitrogen and oxygen atoms in total. The van der Waals surface area contributed by atoms with E-state index in [9.17, 15) is 0 Å². The minimum Gasteiger partial charge on any atom is -0.409 e. The van der Waals surface area contributed by atoms with Gasteiger partial charge in [-0.2, -0.15) is 0 Å². The third kappa shape index (κ3) is 2.28. The van der Waals surface area contributed by atoms with E-state index in [2.05, 4.69) is 26.1 Å². The van der Waals surface area contributed by atoms with Crippen LogP contribution in [0, 0.1) is 0 Å².